The SMILES string of the molecule is CN(C)c1cccc(C(=O)N2CCC(n3nccn3)CC2)c1. The smallest absolute Gasteiger partial charge is 0.253 e. The zero-order valence-electron chi connectivity index (χ0n) is 13.0. The van der Waals surface area contributed by atoms with Crippen molar-refractivity contribution < 1.29 is 4.79 Å². The van der Waals surface area contributed by atoms with Gasteiger partial charge in [-0.15, -0.1) is 0 Å². The van der Waals surface area contributed by atoms with Crippen LogP contribution >= 0.6 is 0 Å². The van der Waals surface area contributed by atoms with Gasteiger partial charge in [-0.25, -0.2) is 0 Å². The predicted octanol–water partition coefficient (Wildman–Crippen LogP) is 1.82. The molecule has 3 rings (SSSR count). The summed E-state index contributed by atoms with van der Waals surface area (Å²) in [6.07, 6.45) is 5.19. The summed E-state index contributed by atoms with van der Waals surface area (Å²) in [4.78, 5) is 18.3. The van der Waals surface area contributed by atoms with Crippen LogP contribution in [0.4, 0.5) is 5.69 Å². The molecule has 0 unspecified atom stereocenters. The van der Waals surface area contributed by atoms with Crippen LogP contribution in [0.5, 0.6) is 0 Å². The number of carbonyl (C=O) groups excluding carboxylic acids is 1. The summed E-state index contributed by atoms with van der Waals surface area (Å²) in [5.41, 5.74) is 1.79. The number of rotatable bonds is 3. The van der Waals surface area contributed by atoms with E-state index in [9.17, 15) is 4.79 Å². The summed E-state index contributed by atoms with van der Waals surface area (Å²) in [5.74, 6) is 0.107. The number of nitrogens with zero attached hydrogens (tertiary/aromatic N) is 5. The summed E-state index contributed by atoms with van der Waals surface area (Å²) < 4.78 is 0. The Morgan fingerprint density at radius 2 is 1.86 bits per heavy atom. The van der Waals surface area contributed by atoms with Crippen LogP contribution in [0.15, 0.2) is 36.7 Å². The molecule has 1 aromatic carbocycles. The monoisotopic (exact) mass is 299 g/mol. The molecule has 0 N–H and O–H groups in total. The van der Waals surface area contributed by atoms with Gasteiger partial charge in [-0.3, -0.25) is 4.79 Å². The molecule has 0 radical (unpaired) electrons. The van der Waals surface area contributed by atoms with E-state index in [1.807, 2.05) is 48.2 Å². The molecule has 2 aromatic rings. The maximum absolute atomic E-state index is 12.6. The molecule has 1 amide bonds. The van der Waals surface area contributed by atoms with Crippen molar-refractivity contribution in [1.82, 2.24) is 19.9 Å². The van der Waals surface area contributed by atoms with Gasteiger partial charge >= 0.3 is 0 Å². The van der Waals surface area contributed by atoms with E-state index in [1.54, 1.807) is 17.2 Å². The van der Waals surface area contributed by atoms with E-state index < -0.39 is 0 Å². The minimum atomic E-state index is 0.107. The van der Waals surface area contributed by atoms with Gasteiger partial charge in [-0.05, 0) is 31.0 Å². The van der Waals surface area contributed by atoms with Crippen molar-refractivity contribution >= 4 is 11.6 Å². The van der Waals surface area contributed by atoms with E-state index in [4.69, 9.17) is 0 Å². The number of likely N-dealkylation sites (tertiary alicyclic amines) is 1. The topological polar surface area (TPSA) is 54.3 Å². The van der Waals surface area contributed by atoms with Crippen LogP contribution in [0.3, 0.4) is 0 Å². The van der Waals surface area contributed by atoms with Crippen LogP contribution in [0.2, 0.25) is 0 Å². The molecule has 6 heteroatoms. The first-order chi connectivity index (χ1) is 10.6. The second-order valence-corrected chi connectivity index (χ2v) is 5.82. The Bertz CT molecular complexity index is 630. The van der Waals surface area contributed by atoms with E-state index in [2.05, 4.69) is 10.2 Å². The zero-order valence-corrected chi connectivity index (χ0v) is 13.0. The molecule has 0 spiro atoms. The molecule has 0 atom stereocenters. The first kappa shape index (κ1) is 14.6. The summed E-state index contributed by atoms with van der Waals surface area (Å²) in [6, 6.07) is 8.07. The maximum Gasteiger partial charge on any atom is 0.253 e. The van der Waals surface area contributed by atoms with E-state index in [1.165, 1.54) is 0 Å². The number of piperidine rings is 1. The predicted molar refractivity (Wildman–Crippen MR) is 85.0 cm³/mol. The number of aromatic nitrogens is 3. The minimum absolute atomic E-state index is 0.107. The van der Waals surface area contributed by atoms with Crippen LogP contribution in [-0.2, 0) is 0 Å². The molecule has 1 fully saturated rings. The fourth-order valence-corrected chi connectivity index (χ4v) is 2.81. The van der Waals surface area contributed by atoms with Crippen molar-refractivity contribution in [2.75, 3.05) is 32.1 Å². The molecule has 116 valence electrons. The van der Waals surface area contributed by atoms with Crippen LogP contribution in [0.25, 0.3) is 0 Å². The highest BCUT2D eigenvalue weighted by atomic mass is 16.2. The fraction of sp³-hybridized carbons (Fsp3) is 0.438. The highest BCUT2D eigenvalue weighted by Crippen LogP contribution is 2.23. The first-order valence-corrected chi connectivity index (χ1v) is 7.57. The Morgan fingerprint density at radius 1 is 1.18 bits per heavy atom. The third-order valence-corrected chi connectivity index (χ3v) is 4.12. The molecule has 2 heterocycles. The summed E-state index contributed by atoms with van der Waals surface area (Å²) >= 11 is 0. The Hall–Kier alpha value is -2.37. The lowest BCUT2D eigenvalue weighted by molar-refractivity contribution is 0.0684. The number of hydrogen-bond acceptors (Lipinski definition) is 4. The molecule has 1 aromatic heterocycles. The van der Waals surface area contributed by atoms with Crippen LogP contribution in [0, 0.1) is 0 Å². The van der Waals surface area contributed by atoms with Gasteiger partial charge in [0.2, 0.25) is 0 Å². The van der Waals surface area contributed by atoms with E-state index in [-0.39, 0.29) is 5.91 Å². The normalized spacial score (nSPS) is 15.8. The van der Waals surface area contributed by atoms with Gasteiger partial charge in [0, 0.05) is 38.4 Å². The fourth-order valence-electron chi connectivity index (χ4n) is 2.81. The van der Waals surface area contributed by atoms with Crippen LogP contribution in [0.1, 0.15) is 29.2 Å². The Kier molecular flexibility index (Phi) is 4.09. The minimum Gasteiger partial charge on any atom is -0.378 e. The van der Waals surface area contributed by atoms with Gasteiger partial charge in [0.1, 0.15) is 0 Å². The second-order valence-electron chi connectivity index (χ2n) is 5.82. The number of hydrogen-bond donors (Lipinski definition) is 0. The summed E-state index contributed by atoms with van der Waals surface area (Å²) in [5, 5.41) is 8.39. The largest absolute Gasteiger partial charge is 0.378 e. The average Bonchev–Trinajstić information content (AvgIpc) is 3.09. The third-order valence-electron chi connectivity index (χ3n) is 4.12. The number of amides is 1. The number of carbonyl (C=O) groups is 1. The molecule has 0 bridgehead atoms. The Labute approximate surface area is 130 Å². The average molecular weight is 299 g/mol. The molecular weight excluding hydrogens is 278 g/mol. The number of benzene rings is 1. The molecular formula is C16H21N5O. The lowest BCUT2D eigenvalue weighted by Gasteiger charge is -2.31. The van der Waals surface area contributed by atoms with Gasteiger partial charge in [0.05, 0.1) is 18.4 Å². The van der Waals surface area contributed by atoms with E-state index in [0.29, 0.717) is 6.04 Å². The van der Waals surface area contributed by atoms with Gasteiger partial charge in [0.25, 0.3) is 5.91 Å². The summed E-state index contributed by atoms with van der Waals surface area (Å²) in [6.45, 7) is 1.49. The number of anilines is 1. The first-order valence-electron chi connectivity index (χ1n) is 7.57. The molecule has 0 aliphatic carbocycles. The van der Waals surface area contributed by atoms with Gasteiger partial charge in [0.15, 0.2) is 0 Å². The molecule has 0 saturated carbocycles. The van der Waals surface area contributed by atoms with Gasteiger partial charge in [-0.1, -0.05) is 6.07 Å². The Balaban J connectivity index is 1.66. The molecule has 1 saturated heterocycles. The van der Waals surface area contributed by atoms with Crippen molar-refractivity contribution in [3.8, 4) is 0 Å². The maximum atomic E-state index is 12.6. The van der Waals surface area contributed by atoms with E-state index >= 15 is 0 Å². The summed E-state index contributed by atoms with van der Waals surface area (Å²) in [7, 11) is 3.96. The van der Waals surface area contributed by atoms with Crippen molar-refractivity contribution in [2.45, 2.75) is 18.9 Å². The van der Waals surface area contributed by atoms with Crippen molar-refractivity contribution in [3.63, 3.8) is 0 Å². The van der Waals surface area contributed by atoms with Crippen molar-refractivity contribution in [2.24, 2.45) is 0 Å². The molecule has 6 nitrogen and oxygen atoms in total. The molecule has 1 aliphatic heterocycles. The van der Waals surface area contributed by atoms with E-state index in [0.717, 1.165) is 37.2 Å². The highest BCUT2D eigenvalue weighted by Gasteiger charge is 2.25. The zero-order chi connectivity index (χ0) is 15.5. The second kappa shape index (κ2) is 6.17. The van der Waals surface area contributed by atoms with Gasteiger partial charge < -0.3 is 9.80 Å². The third kappa shape index (κ3) is 2.95. The van der Waals surface area contributed by atoms with Crippen molar-refractivity contribution in [1.29, 1.82) is 0 Å². The lowest BCUT2D eigenvalue weighted by Crippen LogP contribution is -2.39. The highest BCUT2D eigenvalue weighted by molar-refractivity contribution is 5.95. The lowest BCUT2D eigenvalue weighted by atomic mass is 10.0. The standard InChI is InChI=1S/C16H21N5O/c1-19(2)15-5-3-4-13(12-15)16(22)20-10-6-14(7-11-20)21-17-8-9-18-21/h3-5,8-9,12,14H,6-7,10-11H2,1-2H3. The van der Waals surface area contributed by atoms with Crippen LogP contribution < -0.4 is 4.90 Å². The van der Waals surface area contributed by atoms with Crippen LogP contribution in [-0.4, -0.2) is 53.0 Å². The Morgan fingerprint density at radius 3 is 2.50 bits per heavy atom. The van der Waals surface area contributed by atoms with Gasteiger partial charge in [-0.2, -0.15) is 15.0 Å². The van der Waals surface area contributed by atoms with Crippen molar-refractivity contribution in [3.05, 3.63) is 42.2 Å². The molecule has 22 heavy (non-hydrogen) atoms. The quantitative estimate of drug-likeness (QED) is 0.867. The molecule has 1 aliphatic rings.